The van der Waals surface area contributed by atoms with Crippen molar-refractivity contribution < 1.29 is 14.3 Å². The Morgan fingerprint density at radius 1 is 1.05 bits per heavy atom. The summed E-state index contributed by atoms with van der Waals surface area (Å²) in [4.78, 5) is 15.2. The summed E-state index contributed by atoms with van der Waals surface area (Å²) in [6, 6.07) is 0. The van der Waals surface area contributed by atoms with Crippen LogP contribution in [0.1, 0.15) is 38.5 Å². The van der Waals surface area contributed by atoms with Gasteiger partial charge in [-0.25, -0.2) is 0 Å². The Morgan fingerprint density at radius 3 is 2.48 bits per heavy atom. The molecule has 3 rings (SSSR count). The van der Waals surface area contributed by atoms with Gasteiger partial charge in [0.15, 0.2) is 0 Å². The molecule has 5 nitrogen and oxygen atoms in total. The average Bonchev–Trinajstić information content (AvgIpc) is 2.55. The van der Waals surface area contributed by atoms with Crippen LogP contribution in [0.4, 0.5) is 0 Å². The first-order valence-corrected chi connectivity index (χ1v) is 8.35. The number of carbonyl (C=O) groups excluding carboxylic acids is 1. The van der Waals surface area contributed by atoms with E-state index in [1.807, 2.05) is 0 Å². The SMILES string of the molecule is NCC1(C(=O)N2CCCC3(CCCOC3)C2)CCOCC1. The zero-order valence-electron chi connectivity index (χ0n) is 12.9. The Labute approximate surface area is 127 Å². The molecule has 2 N–H and O–H groups in total. The van der Waals surface area contributed by atoms with Gasteiger partial charge in [-0.15, -0.1) is 0 Å². The third-order valence-electron chi connectivity index (χ3n) is 5.65. The standard InChI is InChI=1S/C16H28N2O3/c17-11-16(5-9-20-10-6-16)14(19)18-7-1-3-15(12-18)4-2-8-21-13-15/h1-13,17H2. The molecule has 1 spiro atoms. The first-order valence-electron chi connectivity index (χ1n) is 8.35. The predicted molar refractivity (Wildman–Crippen MR) is 79.8 cm³/mol. The molecule has 3 aliphatic rings. The van der Waals surface area contributed by atoms with Crippen LogP contribution in [0.3, 0.4) is 0 Å². The van der Waals surface area contributed by atoms with E-state index in [9.17, 15) is 4.79 Å². The minimum atomic E-state index is -0.383. The number of amides is 1. The minimum Gasteiger partial charge on any atom is -0.381 e. The van der Waals surface area contributed by atoms with Gasteiger partial charge in [-0.05, 0) is 38.5 Å². The molecule has 1 unspecified atom stereocenters. The van der Waals surface area contributed by atoms with Crippen molar-refractivity contribution in [2.24, 2.45) is 16.6 Å². The number of hydrogen-bond acceptors (Lipinski definition) is 4. The number of carbonyl (C=O) groups is 1. The maximum absolute atomic E-state index is 13.1. The van der Waals surface area contributed by atoms with Crippen LogP contribution in [0.5, 0.6) is 0 Å². The Hall–Kier alpha value is -0.650. The number of likely N-dealkylation sites (tertiary alicyclic amines) is 1. The monoisotopic (exact) mass is 296 g/mol. The van der Waals surface area contributed by atoms with Crippen molar-refractivity contribution in [1.82, 2.24) is 4.90 Å². The fourth-order valence-corrected chi connectivity index (χ4v) is 4.22. The van der Waals surface area contributed by atoms with Crippen molar-refractivity contribution in [3.8, 4) is 0 Å². The molecular weight excluding hydrogens is 268 g/mol. The fraction of sp³-hybridized carbons (Fsp3) is 0.938. The topological polar surface area (TPSA) is 64.8 Å². The summed E-state index contributed by atoms with van der Waals surface area (Å²) in [5.74, 6) is 0.262. The zero-order chi connectivity index (χ0) is 14.8. The third-order valence-corrected chi connectivity index (χ3v) is 5.65. The van der Waals surface area contributed by atoms with Crippen LogP contribution in [-0.4, -0.2) is 56.9 Å². The van der Waals surface area contributed by atoms with Gasteiger partial charge in [0.2, 0.25) is 5.91 Å². The van der Waals surface area contributed by atoms with E-state index in [-0.39, 0.29) is 16.7 Å². The van der Waals surface area contributed by atoms with Gasteiger partial charge in [-0.1, -0.05) is 0 Å². The van der Waals surface area contributed by atoms with Gasteiger partial charge in [-0.3, -0.25) is 4.79 Å². The first kappa shape index (κ1) is 15.3. The molecule has 120 valence electrons. The van der Waals surface area contributed by atoms with Crippen LogP contribution < -0.4 is 5.73 Å². The molecule has 1 amide bonds. The average molecular weight is 296 g/mol. The van der Waals surface area contributed by atoms with Crippen molar-refractivity contribution in [3.63, 3.8) is 0 Å². The number of ether oxygens (including phenoxy) is 2. The summed E-state index contributed by atoms with van der Waals surface area (Å²) >= 11 is 0. The van der Waals surface area contributed by atoms with Crippen LogP contribution in [0.25, 0.3) is 0 Å². The molecule has 0 aromatic rings. The van der Waals surface area contributed by atoms with Gasteiger partial charge in [-0.2, -0.15) is 0 Å². The van der Waals surface area contributed by atoms with E-state index in [2.05, 4.69) is 4.90 Å². The number of hydrogen-bond donors (Lipinski definition) is 1. The largest absolute Gasteiger partial charge is 0.381 e. The molecule has 5 heteroatoms. The second kappa shape index (κ2) is 6.23. The van der Waals surface area contributed by atoms with Crippen molar-refractivity contribution in [2.75, 3.05) is 46.1 Å². The summed E-state index contributed by atoms with van der Waals surface area (Å²) in [5, 5.41) is 0. The molecule has 0 saturated carbocycles. The number of piperidine rings is 1. The lowest BCUT2D eigenvalue weighted by Crippen LogP contribution is -2.56. The van der Waals surface area contributed by atoms with Gasteiger partial charge in [0.25, 0.3) is 0 Å². The van der Waals surface area contributed by atoms with E-state index >= 15 is 0 Å². The number of nitrogens with two attached hydrogens (primary N) is 1. The molecule has 0 aromatic carbocycles. The van der Waals surface area contributed by atoms with Crippen molar-refractivity contribution in [1.29, 1.82) is 0 Å². The second-order valence-corrected chi connectivity index (χ2v) is 7.08. The molecule has 0 aromatic heterocycles. The Morgan fingerprint density at radius 2 is 1.81 bits per heavy atom. The lowest BCUT2D eigenvalue weighted by molar-refractivity contribution is -0.153. The highest BCUT2D eigenvalue weighted by Crippen LogP contribution is 2.40. The maximum atomic E-state index is 13.1. The van der Waals surface area contributed by atoms with Gasteiger partial charge >= 0.3 is 0 Å². The lowest BCUT2D eigenvalue weighted by Gasteiger charge is -2.48. The third kappa shape index (κ3) is 2.96. The van der Waals surface area contributed by atoms with Gasteiger partial charge in [0.05, 0.1) is 12.0 Å². The maximum Gasteiger partial charge on any atom is 0.230 e. The smallest absolute Gasteiger partial charge is 0.230 e. The van der Waals surface area contributed by atoms with Crippen molar-refractivity contribution >= 4 is 5.91 Å². The first-order chi connectivity index (χ1) is 10.2. The van der Waals surface area contributed by atoms with Crippen molar-refractivity contribution in [2.45, 2.75) is 38.5 Å². The van der Waals surface area contributed by atoms with Crippen LogP contribution in [0.2, 0.25) is 0 Å². The molecule has 1 atom stereocenters. The molecular formula is C16H28N2O3. The summed E-state index contributed by atoms with van der Waals surface area (Å²) < 4.78 is 11.1. The second-order valence-electron chi connectivity index (χ2n) is 7.08. The summed E-state index contributed by atoms with van der Waals surface area (Å²) in [7, 11) is 0. The predicted octanol–water partition coefficient (Wildman–Crippen LogP) is 1.16. The fourth-order valence-electron chi connectivity index (χ4n) is 4.22. The molecule has 0 radical (unpaired) electrons. The molecule has 3 saturated heterocycles. The van der Waals surface area contributed by atoms with Crippen LogP contribution in [-0.2, 0) is 14.3 Å². The quantitative estimate of drug-likeness (QED) is 0.830. The summed E-state index contributed by atoms with van der Waals surface area (Å²) in [6.45, 7) is 5.18. The van der Waals surface area contributed by atoms with E-state index in [1.54, 1.807) is 0 Å². The molecule has 0 aliphatic carbocycles. The van der Waals surface area contributed by atoms with Crippen LogP contribution in [0, 0.1) is 10.8 Å². The van der Waals surface area contributed by atoms with Gasteiger partial charge in [0.1, 0.15) is 0 Å². The van der Waals surface area contributed by atoms with E-state index in [4.69, 9.17) is 15.2 Å². The van der Waals surface area contributed by atoms with E-state index in [0.717, 1.165) is 52.0 Å². The van der Waals surface area contributed by atoms with Crippen molar-refractivity contribution in [3.05, 3.63) is 0 Å². The van der Waals surface area contributed by atoms with Crippen LogP contribution >= 0.6 is 0 Å². The normalized spacial score (nSPS) is 33.1. The zero-order valence-corrected chi connectivity index (χ0v) is 12.9. The molecule has 3 fully saturated rings. The van der Waals surface area contributed by atoms with E-state index in [0.29, 0.717) is 19.8 Å². The Kier molecular flexibility index (Phi) is 4.52. The summed E-state index contributed by atoms with van der Waals surface area (Å²) in [6.07, 6.45) is 6.12. The minimum absolute atomic E-state index is 0.202. The molecule has 0 bridgehead atoms. The summed E-state index contributed by atoms with van der Waals surface area (Å²) in [5.41, 5.74) is 5.81. The number of nitrogens with zero attached hydrogens (tertiary/aromatic N) is 1. The van der Waals surface area contributed by atoms with E-state index < -0.39 is 0 Å². The highest BCUT2D eigenvalue weighted by Gasteiger charge is 2.45. The van der Waals surface area contributed by atoms with Gasteiger partial charge < -0.3 is 20.1 Å². The highest BCUT2D eigenvalue weighted by molar-refractivity contribution is 5.83. The highest BCUT2D eigenvalue weighted by atomic mass is 16.5. The lowest BCUT2D eigenvalue weighted by atomic mass is 9.73. The Balaban J connectivity index is 1.71. The molecule has 21 heavy (non-hydrogen) atoms. The number of rotatable bonds is 2. The molecule has 3 aliphatic heterocycles. The Bertz CT molecular complexity index is 368. The van der Waals surface area contributed by atoms with E-state index in [1.165, 1.54) is 12.8 Å². The van der Waals surface area contributed by atoms with Crippen LogP contribution in [0.15, 0.2) is 0 Å². The van der Waals surface area contributed by atoms with Gasteiger partial charge in [0, 0.05) is 44.9 Å². The molecule has 3 heterocycles.